The quantitative estimate of drug-likeness (QED) is 0.751. The van der Waals surface area contributed by atoms with Gasteiger partial charge in [-0.25, -0.2) is 0 Å². The van der Waals surface area contributed by atoms with Gasteiger partial charge in [0.05, 0.1) is 5.52 Å². The Morgan fingerprint density at radius 1 is 1.04 bits per heavy atom. The number of piperidine rings is 1. The van der Waals surface area contributed by atoms with Gasteiger partial charge in [0.2, 0.25) is 0 Å². The molecular formula is C20H19N3O. The van der Waals surface area contributed by atoms with Gasteiger partial charge in [-0.15, -0.1) is 0 Å². The summed E-state index contributed by atoms with van der Waals surface area (Å²) in [6.07, 6.45) is 2.99. The zero-order valence-corrected chi connectivity index (χ0v) is 13.4. The Bertz CT molecular complexity index is 986. The predicted molar refractivity (Wildman–Crippen MR) is 95.2 cm³/mol. The number of pyridine rings is 2. The minimum atomic E-state index is 0.127. The van der Waals surface area contributed by atoms with Crippen LogP contribution in [0.15, 0.2) is 53.5 Å². The molecule has 120 valence electrons. The molecule has 0 saturated carbocycles. The van der Waals surface area contributed by atoms with Crippen molar-refractivity contribution in [2.75, 3.05) is 13.1 Å². The van der Waals surface area contributed by atoms with Crippen LogP contribution in [-0.4, -0.2) is 22.6 Å². The number of aromatic nitrogens is 2. The molecule has 1 N–H and O–H groups in total. The summed E-state index contributed by atoms with van der Waals surface area (Å²) in [5.74, 6) is 1.03. The molecule has 0 radical (unpaired) electrons. The highest BCUT2D eigenvalue weighted by Gasteiger charge is 2.31. The summed E-state index contributed by atoms with van der Waals surface area (Å²) in [4.78, 5) is 17.7. The molecule has 1 saturated heterocycles. The van der Waals surface area contributed by atoms with Crippen LogP contribution in [0, 0.1) is 5.92 Å². The average Bonchev–Trinajstić information content (AvgIpc) is 2.63. The van der Waals surface area contributed by atoms with Crippen LogP contribution < -0.4 is 10.9 Å². The van der Waals surface area contributed by atoms with E-state index in [1.165, 1.54) is 12.1 Å². The summed E-state index contributed by atoms with van der Waals surface area (Å²) in [5.41, 5.74) is 3.90. The lowest BCUT2D eigenvalue weighted by Crippen LogP contribution is -2.45. The monoisotopic (exact) mass is 317 g/mol. The van der Waals surface area contributed by atoms with Crippen LogP contribution in [0.1, 0.15) is 18.0 Å². The fourth-order valence-corrected chi connectivity index (χ4v) is 4.32. The van der Waals surface area contributed by atoms with Gasteiger partial charge < -0.3 is 9.88 Å². The molecule has 4 heteroatoms. The maximum atomic E-state index is 13.2. The third-order valence-corrected chi connectivity index (χ3v) is 5.43. The molecule has 2 aromatic heterocycles. The lowest BCUT2D eigenvalue weighted by atomic mass is 9.84. The maximum Gasteiger partial charge on any atom is 0.258 e. The molecule has 0 amide bonds. The Labute approximate surface area is 140 Å². The lowest BCUT2D eigenvalue weighted by molar-refractivity contribution is 0.257. The highest BCUT2D eigenvalue weighted by Crippen LogP contribution is 2.33. The van der Waals surface area contributed by atoms with E-state index in [2.05, 4.69) is 16.4 Å². The van der Waals surface area contributed by atoms with E-state index in [4.69, 9.17) is 0 Å². The van der Waals surface area contributed by atoms with E-state index in [1.807, 2.05) is 41.0 Å². The van der Waals surface area contributed by atoms with Crippen molar-refractivity contribution in [3.05, 3.63) is 64.7 Å². The zero-order valence-electron chi connectivity index (χ0n) is 13.4. The molecule has 0 aliphatic carbocycles. The molecule has 3 aromatic rings. The first-order valence-electron chi connectivity index (χ1n) is 8.60. The van der Waals surface area contributed by atoms with Crippen LogP contribution >= 0.6 is 0 Å². The zero-order chi connectivity index (χ0) is 16.1. The molecule has 4 nitrogen and oxygen atoms in total. The van der Waals surface area contributed by atoms with E-state index in [0.29, 0.717) is 11.8 Å². The van der Waals surface area contributed by atoms with Crippen LogP contribution in [0.2, 0.25) is 0 Å². The van der Waals surface area contributed by atoms with Crippen LogP contribution in [0.4, 0.5) is 0 Å². The Morgan fingerprint density at radius 2 is 1.96 bits per heavy atom. The van der Waals surface area contributed by atoms with Crippen molar-refractivity contribution in [1.82, 2.24) is 14.9 Å². The molecule has 2 bridgehead atoms. The van der Waals surface area contributed by atoms with E-state index in [9.17, 15) is 4.79 Å². The van der Waals surface area contributed by atoms with Crippen LogP contribution in [0.3, 0.4) is 0 Å². The third-order valence-electron chi connectivity index (χ3n) is 5.43. The first-order valence-corrected chi connectivity index (χ1v) is 8.60. The Hall–Kier alpha value is -2.46. The van der Waals surface area contributed by atoms with E-state index in [0.717, 1.165) is 41.7 Å². The van der Waals surface area contributed by atoms with E-state index in [-0.39, 0.29) is 5.56 Å². The number of nitrogens with zero attached hydrogens (tertiary/aromatic N) is 2. The molecule has 1 fully saturated rings. The number of hydrogen-bond donors (Lipinski definition) is 1. The van der Waals surface area contributed by atoms with E-state index in [1.54, 1.807) is 6.20 Å². The van der Waals surface area contributed by atoms with Gasteiger partial charge in [0, 0.05) is 47.4 Å². The normalized spacial score (nSPS) is 22.3. The summed E-state index contributed by atoms with van der Waals surface area (Å²) in [5, 5.41) is 4.56. The van der Waals surface area contributed by atoms with Crippen molar-refractivity contribution in [3.63, 3.8) is 0 Å². The van der Waals surface area contributed by atoms with Crippen LogP contribution in [-0.2, 0) is 6.54 Å². The standard InChI is InChI=1S/C20H19N3O/c24-20-17(16-5-1-3-14-4-2-8-22-19(14)16)6-7-18-15-9-13(10-21-11-15)12-23(18)20/h1-8,13,15,21H,9-12H2. The Kier molecular flexibility index (Phi) is 3.06. The molecule has 2 aliphatic heterocycles. The van der Waals surface area contributed by atoms with Gasteiger partial charge in [0.15, 0.2) is 0 Å². The number of fused-ring (bicyclic) bond motifs is 5. The van der Waals surface area contributed by atoms with E-state index < -0.39 is 0 Å². The molecule has 2 atom stereocenters. The minimum absolute atomic E-state index is 0.127. The first-order chi connectivity index (χ1) is 11.8. The Morgan fingerprint density at radius 3 is 2.92 bits per heavy atom. The SMILES string of the molecule is O=c1c(-c2cccc3cccnc23)ccc2n1CC1CNCC2C1. The van der Waals surface area contributed by atoms with Crippen molar-refractivity contribution in [3.8, 4) is 11.1 Å². The van der Waals surface area contributed by atoms with Gasteiger partial charge in [0.1, 0.15) is 0 Å². The molecule has 0 spiro atoms. The first kappa shape index (κ1) is 13.9. The van der Waals surface area contributed by atoms with Crippen molar-refractivity contribution in [2.45, 2.75) is 18.9 Å². The third kappa shape index (κ3) is 2.03. The van der Waals surface area contributed by atoms with Crippen LogP contribution in [0.5, 0.6) is 0 Å². The second-order valence-electron chi connectivity index (χ2n) is 6.93. The van der Waals surface area contributed by atoms with Gasteiger partial charge in [-0.2, -0.15) is 0 Å². The molecule has 24 heavy (non-hydrogen) atoms. The molecule has 2 aliphatic rings. The summed E-state index contributed by atoms with van der Waals surface area (Å²) in [6, 6.07) is 14.2. The number of para-hydroxylation sites is 1. The topological polar surface area (TPSA) is 46.9 Å². The summed E-state index contributed by atoms with van der Waals surface area (Å²) < 4.78 is 2.01. The van der Waals surface area contributed by atoms with Gasteiger partial charge in [0.25, 0.3) is 5.56 Å². The molecular weight excluding hydrogens is 298 g/mol. The fourth-order valence-electron chi connectivity index (χ4n) is 4.32. The number of rotatable bonds is 1. The highest BCUT2D eigenvalue weighted by molar-refractivity contribution is 5.93. The molecule has 5 rings (SSSR count). The number of hydrogen-bond acceptors (Lipinski definition) is 3. The number of nitrogens with one attached hydrogen (secondary N) is 1. The molecule has 2 unspecified atom stereocenters. The van der Waals surface area contributed by atoms with E-state index >= 15 is 0 Å². The summed E-state index contributed by atoms with van der Waals surface area (Å²) in [6.45, 7) is 2.82. The molecule has 1 aromatic carbocycles. The Balaban J connectivity index is 1.73. The van der Waals surface area contributed by atoms with Crippen molar-refractivity contribution >= 4 is 10.9 Å². The minimum Gasteiger partial charge on any atom is -0.316 e. The average molecular weight is 317 g/mol. The fraction of sp³-hybridized carbons (Fsp3) is 0.300. The van der Waals surface area contributed by atoms with Gasteiger partial charge in [-0.3, -0.25) is 9.78 Å². The molecule has 4 heterocycles. The van der Waals surface area contributed by atoms with Gasteiger partial charge in [-0.1, -0.05) is 24.3 Å². The van der Waals surface area contributed by atoms with Crippen molar-refractivity contribution < 1.29 is 0 Å². The second-order valence-corrected chi connectivity index (χ2v) is 6.93. The summed E-state index contributed by atoms with van der Waals surface area (Å²) >= 11 is 0. The second kappa shape index (κ2) is 5.28. The predicted octanol–water partition coefficient (Wildman–Crippen LogP) is 2.77. The smallest absolute Gasteiger partial charge is 0.258 e. The highest BCUT2D eigenvalue weighted by atomic mass is 16.1. The maximum absolute atomic E-state index is 13.2. The summed E-state index contributed by atoms with van der Waals surface area (Å²) in [7, 11) is 0. The van der Waals surface area contributed by atoms with Gasteiger partial charge in [-0.05, 0) is 37.1 Å². The van der Waals surface area contributed by atoms with Crippen LogP contribution in [0.25, 0.3) is 22.0 Å². The largest absolute Gasteiger partial charge is 0.316 e. The van der Waals surface area contributed by atoms with Crippen molar-refractivity contribution in [1.29, 1.82) is 0 Å². The van der Waals surface area contributed by atoms with Gasteiger partial charge >= 0.3 is 0 Å². The van der Waals surface area contributed by atoms with Crippen molar-refractivity contribution in [2.24, 2.45) is 5.92 Å². The number of benzene rings is 1. The lowest BCUT2D eigenvalue weighted by Gasteiger charge is -2.37.